The number of hydrogen-bond acceptors (Lipinski definition) is 6. The van der Waals surface area contributed by atoms with E-state index >= 15 is 0 Å². The molecule has 1 spiro atoms. The molecule has 3 atom stereocenters. The summed E-state index contributed by atoms with van der Waals surface area (Å²) in [6.07, 6.45) is 0.658. The van der Waals surface area contributed by atoms with Gasteiger partial charge < -0.3 is 19.3 Å². The predicted molar refractivity (Wildman–Crippen MR) is 61.0 cm³/mol. The van der Waals surface area contributed by atoms with Gasteiger partial charge in [-0.3, -0.25) is 10.1 Å². The normalized spacial score (nSPS) is 35.7. The van der Waals surface area contributed by atoms with E-state index in [1.54, 1.807) is 6.92 Å². The fourth-order valence-electron chi connectivity index (χ4n) is 3.89. The first-order valence-corrected chi connectivity index (χ1v) is 6.28. The molecule has 0 amide bonds. The molecule has 2 bridgehead atoms. The molecule has 2 fully saturated rings. The van der Waals surface area contributed by atoms with Crippen molar-refractivity contribution in [1.29, 1.82) is 0 Å². The first kappa shape index (κ1) is 9.91. The second kappa shape index (κ2) is 2.65. The van der Waals surface area contributed by atoms with Crippen LogP contribution >= 0.6 is 0 Å². The summed E-state index contributed by atoms with van der Waals surface area (Å²) in [6.45, 7) is 1.95. The van der Waals surface area contributed by atoms with Crippen molar-refractivity contribution in [2.45, 2.75) is 31.0 Å². The number of carbonyl (C=O) groups excluding carboxylic acids is 1. The summed E-state index contributed by atoms with van der Waals surface area (Å²) in [7, 11) is 0. The Bertz CT molecular complexity index is 670. The van der Waals surface area contributed by atoms with E-state index in [2.05, 4.69) is 5.32 Å². The van der Waals surface area contributed by atoms with Crippen LogP contribution in [-0.2, 0) is 15.1 Å². The van der Waals surface area contributed by atoms with Crippen molar-refractivity contribution in [3.63, 3.8) is 0 Å². The van der Waals surface area contributed by atoms with E-state index in [-0.39, 0.29) is 30.6 Å². The Kier molecular flexibility index (Phi) is 1.38. The third kappa shape index (κ3) is 0.823. The predicted octanol–water partition coefficient (Wildman–Crippen LogP) is 0.598. The zero-order valence-electron chi connectivity index (χ0n) is 10.1. The minimum atomic E-state index is -0.701. The van der Waals surface area contributed by atoms with Crippen molar-refractivity contribution < 1.29 is 24.1 Å². The summed E-state index contributed by atoms with van der Waals surface area (Å²) in [6, 6.07) is -0.357. The highest BCUT2D eigenvalue weighted by Gasteiger charge is 2.70. The molecule has 6 nitrogen and oxygen atoms in total. The van der Waals surface area contributed by atoms with Gasteiger partial charge in [0, 0.05) is 29.2 Å². The largest absolute Gasteiger partial charge is 0.507 e. The van der Waals surface area contributed by atoms with Crippen LogP contribution in [0, 0.1) is 6.92 Å². The molecule has 5 rings (SSSR count). The lowest BCUT2D eigenvalue weighted by molar-refractivity contribution is -0.197. The van der Waals surface area contributed by atoms with Gasteiger partial charge in [0.2, 0.25) is 6.79 Å². The molecule has 1 aliphatic carbocycles. The molecule has 3 aliphatic heterocycles. The highest BCUT2D eigenvalue weighted by molar-refractivity contribution is 5.89. The van der Waals surface area contributed by atoms with Gasteiger partial charge in [0.15, 0.2) is 23.1 Å². The van der Waals surface area contributed by atoms with Gasteiger partial charge in [-0.15, -0.1) is 0 Å². The number of aromatic hydroxyl groups is 1. The summed E-state index contributed by atoms with van der Waals surface area (Å²) < 4.78 is 16.4. The maximum Gasteiger partial charge on any atom is 0.328 e. The standard InChI is InChI=1S/C13H11NO5/c1-4-8(15)7-6(10-9(4)17-3-18-10)5-2-13(7)11(14-5)12(16)19-13/h5,11,14-15H,2-3H2,1H3/t5-,11+,13-/m0/s1. The van der Waals surface area contributed by atoms with Crippen LogP contribution in [0.15, 0.2) is 0 Å². The van der Waals surface area contributed by atoms with Crippen LogP contribution in [0.2, 0.25) is 0 Å². The smallest absolute Gasteiger partial charge is 0.328 e. The number of nitrogens with one attached hydrogen (secondary N) is 1. The summed E-state index contributed by atoms with van der Waals surface area (Å²) >= 11 is 0. The Morgan fingerprint density at radius 3 is 2.95 bits per heavy atom. The first-order chi connectivity index (χ1) is 9.13. The van der Waals surface area contributed by atoms with E-state index in [1.165, 1.54) is 0 Å². The van der Waals surface area contributed by atoms with Crippen LogP contribution in [0.3, 0.4) is 0 Å². The third-order valence-corrected chi connectivity index (χ3v) is 4.69. The number of phenolic OH excluding ortho intramolecular Hbond substituents is 1. The van der Waals surface area contributed by atoms with Gasteiger partial charge in [-0.2, -0.15) is 0 Å². The zero-order chi connectivity index (χ0) is 12.9. The quantitative estimate of drug-likeness (QED) is 0.666. The highest BCUT2D eigenvalue weighted by Crippen LogP contribution is 2.65. The van der Waals surface area contributed by atoms with Crippen LogP contribution in [-0.4, -0.2) is 23.9 Å². The van der Waals surface area contributed by atoms with Gasteiger partial charge in [-0.25, -0.2) is 0 Å². The van der Waals surface area contributed by atoms with Gasteiger partial charge >= 0.3 is 5.97 Å². The molecule has 0 unspecified atom stereocenters. The number of fused-ring (bicyclic) bond motifs is 5. The SMILES string of the molecule is Cc1c(O)c2c(c3c1OCO3)[C@@H]1C[C@]23OC(=O)[C@H]3N1. The van der Waals surface area contributed by atoms with Crippen molar-refractivity contribution in [3.8, 4) is 17.2 Å². The maximum atomic E-state index is 11.5. The molecule has 2 saturated heterocycles. The lowest BCUT2D eigenvalue weighted by atomic mass is 9.82. The van der Waals surface area contributed by atoms with Crippen LogP contribution in [0.25, 0.3) is 0 Å². The zero-order valence-corrected chi connectivity index (χ0v) is 10.1. The molecule has 0 aromatic heterocycles. The maximum absolute atomic E-state index is 11.5. The van der Waals surface area contributed by atoms with Gasteiger partial charge in [0.1, 0.15) is 5.75 Å². The first-order valence-electron chi connectivity index (χ1n) is 6.28. The average molecular weight is 261 g/mol. The molecular formula is C13H11NO5. The fraction of sp³-hybridized carbons (Fsp3) is 0.462. The van der Waals surface area contributed by atoms with Crippen LogP contribution in [0.4, 0.5) is 0 Å². The number of carbonyl (C=O) groups is 1. The Morgan fingerprint density at radius 2 is 2.16 bits per heavy atom. The molecule has 19 heavy (non-hydrogen) atoms. The van der Waals surface area contributed by atoms with Gasteiger partial charge in [0.05, 0.1) is 0 Å². The summed E-state index contributed by atoms with van der Waals surface area (Å²) in [4.78, 5) is 11.5. The fourth-order valence-corrected chi connectivity index (χ4v) is 3.89. The van der Waals surface area contributed by atoms with Crippen LogP contribution < -0.4 is 14.8 Å². The minimum Gasteiger partial charge on any atom is -0.507 e. The van der Waals surface area contributed by atoms with Crippen LogP contribution in [0.5, 0.6) is 17.2 Å². The van der Waals surface area contributed by atoms with Crippen molar-refractivity contribution in [2.75, 3.05) is 6.79 Å². The molecule has 1 aromatic rings. The average Bonchev–Trinajstić information content (AvgIpc) is 3.03. The minimum absolute atomic E-state index is 0.0200. The Hall–Kier alpha value is -1.95. The topological polar surface area (TPSA) is 77.0 Å². The summed E-state index contributed by atoms with van der Waals surface area (Å²) in [5.74, 6) is 1.20. The molecule has 98 valence electrons. The molecular weight excluding hydrogens is 250 g/mol. The van der Waals surface area contributed by atoms with E-state index < -0.39 is 5.60 Å². The summed E-state index contributed by atoms with van der Waals surface area (Å²) in [5, 5.41) is 13.7. The van der Waals surface area contributed by atoms with Crippen molar-refractivity contribution in [2.24, 2.45) is 0 Å². The van der Waals surface area contributed by atoms with Gasteiger partial charge in [-0.1, -0.05) is 0 Å². The molecule has 3 heterocycles. The van der Waals surface area contributed by atoms with Crippen LogP contribution in [0.1, 0.15) is 29.2 Å². The molecule has 1 aromatic carbocycles. The van der Waals surface area contributed by atoms with E-state index in [0.717, 1.165) is 5.56 Å². The monoisotopic (exact) mass is 261 g/mol. The number of hydrogen-bond donors (Lipinski definition) is 2. The number of ether oxygens (including phenoxy) is 3. The number of rotatable bonds is 0. The van der Waals surface area contributed by atoms with Crippen molar-refractivity contribution in [1.82, 2.24) is 5.32 Å². The summed E-state index contributed by atoms with van der Waals surface area (Å²) in [5.41, 5.74) is 1.55. The van der Waals surface area contributed by atoms with Crippen molar-refractivity contribution in [3.05, 3.63) is 16.7 Å². The van der Waals surface area contributed by atoms with E-state index in [9.17, 15) is 9.90 Å². The molecule has 0 saturated carbocycles. The highest BCUT2D eigenvalue weighted by atomic mass is 16.7. The van der Waals surface area contributed by atoms with E-state index in [4.69, 9.17) is 14.2 Å². The third-order valence-electron chi connectivity index (χ3n) is 4.69. The van der Waals surface area contributed by atoms with Crippen molar-refractivity contribution >= 4 is 5.97 Å². The second-order valence-corrected chi connectivity index (χ2v) is 5.49. The van der Waals surface area contributed by atoms with Gasteiger partial charge in [-0.05, 0) is 6.92 Å². The van der Waals surface area contributed by atoms with E-state index in [0.29, 0.717) is 29.0 Å². The lowest BCUT2D eigenvalue weighted by Crippen LogP contribution is -2.61. The van der Waals surface area contributed by atoms with Gasteiger partial charge in [0.25, 0.3) is 0 Å². The second-order valence-electron chi connectivity index (χ2n) is 5.49. The Morgan fingerprint density at radius 1 is 1.37 bits per heavy atom. The molecule has 2 N–H and O–H groups in total. The number of esters is 1. The number of benzene rings is 1. The molecule has 6 heteroatoms. The van der Waals surface area contributed by atoms with E-state index in [1.807, 2.05) is 0 Å². The molecule has 0 radical (unpaired) electrons. The Labute approximate surface area is 108 Å². The Balaban J connectivity index is 1.86. The lowest BCUT2D eigenvalue weighted by Gasteiger charge is -2.44. The number of phenols is 1. The molecule has 4 aliphatic rings.